The van der Waals surface area contributed by atoms with Crippen LogP contribution in [0.1, 0.15) is 18.4 Å². The molecule has 1 aromatic carbocycles. The van der Waals surface area contributed by atoms with Crippen molar-refractivity contribution in [3.8, 4) is 11.3 Å². The molecule has 2 N–H and O–H groups in total. The average molecular weight is 243 g/mol. The first-order valence-electron chi connectivity index (χ1n) is 6.32. The summed E-state index contributed by atoms with van der Waals surface area (Å²) in [5.41, 5.74) is 9.15. The van der Waals surface area contributed by atoms with Crippen LogP contribution in [0, 0.1) is 6.92 Å². The van der Waals surface area contributed by atoms with Gasteiger partial charge < -0.3 is 15.2 Å². The van der Waals surface area contributed by atoms with Gasteiger partial charge >= 0.3 is 0 Å². The van der Waals surface area contributed by atoms with E-state index < -0.39 is 0 Å². The summed E-state index contributed by atoms with van der Waals surface area (Å²) in [6.45, 7) is 4.30. The van der Waals surface area contributed by atoms with Gasteiger partial charge in [-0.1, -0.05) is 16.8 Å². The van der Waals surface area contributed by atoms with Crippen LogP contribution in [0.25, 0.3) is 11.3 Å². The van der Waals surface area contributed by atoms with Gasteiger partial charge in [-0.25, -0.2) is 0 Å². The Hall–Kier alpha value is -1.97. The molecule has 1 saturated heterocycles. The zero-order chi connectivity index (χ0) is 12.5. The summed E-state index contributed by atoms with van der Waals surface area (Å²) >= 11 is 0. The molecule has 1 aliphatic heterocycles. The molecule has 18 heavy (non-hydrogen) atoms. The van der Waals surface area contributed by atoms with Gasteiger partial charge in [0, 0.05) is 30.4 Å². The standard InChI is InChI=1S/C14H17N3O/c1-10-4-5-12(17-6-2-3-7-17)11(8-10)13-9-14(15)16-18-13/h4-5,8-9H,2-3,6-7H2,1H3,(H2,15,16). The lowest BCUT2D eigenvalue weighted by molar-refractivity contribution is 0.436. The Kier molecular flexibility index (Phi) is 2.70. The van der Waals surface area contributed by atoms with E-state index in [0.29, 0.717) is 5.82 Å². The van der Waals surface area contributed by atoms with Crippen molar-refractivity contribution in [2.75, 3.05) is 23.7 Å². The number of aryl methyl sites for hydroxylation is 1. The first-order chi connectivity index (χ1) is 8.74. The van der Waals surface area contributed by atoms with Gasteiger partial charge in [0.2, 0.25) is 0 Å². The summed E-state index contributed by atoms with van der Waals surface area (Å²) in [5, 5.41) is 3.77. The summed E-state index contributed by atoms with van der Waals surface area (Å²) in [5.74, 6) is 1.18. The van der Waals surface area contributed by atoms with E-state index in [9.17, 15) is 0 Å². The van der Waals surface area contributed by atoms with Crippen LogP contribution in [0.2, 0.25) is 0 Å². The number of nitrogens with zero attached hydrogens (tertiary/aromatic N) is 2. The lowest BCUT2D eigenvalue weighted by Gasteiger charge is -2.20. The van der Waals surface area contributed by atoms with Crippen LogP contribution < -0.4 is 10.6 Å². The van der Waals surface area contributed by atoms with E-state index in [4.69, 9.17) is 10.3 Å². The normalized spacial score (nSPS) is 15.3. The highest BCUT2D eigenvalue weighted by atomic mass is 16.5. The average Bonchev–Trinajstić information content (AvgIpc) is 2.99. The van der Waals surface area contributed by atoms with Crippen molar-refractivity contribution in [1.82, 2.24) is 5.16 Å². The Bertz CT molecular complexity index is 556. The van der Waals surface area contributed by atoms with E-state index >= 15 is 0 Å². The van der Waals surface area contributed by atoms with Gasteiger partial charge in [-0.15, -0.1) is 0 Å². The molecule has 0 amide bonds. The smallest absolute Gasteiger partial charge is 0.171 e. The molecule has 0 unspecified atom stereocenters. The van der Waals surface area contributed by atoms with Gasteiger partial charge in [-0.05, 0) is 31.9 Å². The molecule has 0 spiro atoms. The summed E-state index contributed by atoms with van der Waals surface area (Å²) in [4.78, 5) is 2.40. The SMILES string of the molecule is Cc1ccc(N2CCCC2)c(-c2cc(N)no2)c1. The van der Waals surface area contributed by atoms with Crippen LogP contribution in [-0.2, 0) is 0 Å². The maximum absolute atomic E-state index is 5.64. The van der Waals surface area contributed by atoms with E-state index in [1.165, 1.54) is 24.1 Å². The van der Waals surface area contributed by atoms with Gasteiger partial charge in [-0.3, -0.25) is 0 Å². The fourth-order valence-corrected chi connectivity index (χ4v) is 2.50. The third-order valence-corrected chi connectivity index (χ3v) is 3.39. The largest absolute Gasteiger partial charge is 0.381 e. The minimum Gasteiger partial charge on any atom is -0.381 e. The van der Waals surface area contributed by atoms with Crippen molar-refractivity contribution in [1.29, 1.82) is 0 Å². The predicted molar refractivity (Wildman–Crippen MR) is 72.5 cm³/mol. The lowest BCUT2D eigenvalue weighted by Crippen LogP contribution is -2.18. The number of rotatable bonds is 2. The van der Waals surface area contributed by atoms with Gasteiger partial charge in [0.25, 0.3) is 0 Å². The van der Waals surface area contributed by atoms with E-state index in [-0.39, 0.29) is 0 Å². The van der Waals surface area contributed by atoms with Gasteiger partial charge in [0.05, 0.1) is 0 Å². The highest BCUT2D eigenvalue weighted by molar-refractivity contribution is 5.77. The molecule has 0 saturated carbocycles. The molecule has 1 aromatic heterocycles. The molecule has 0 atom stereocenters. The maximum atomic E-state index is 5.64. The predicted octanol–water partition coefficient (Wildman–Crippen LogP) is 2.83. The van der Waals surface area contributed by atoms with Crippen molar-refractivity contribution >= 4 is 11.5 Å². The van der Waals surface area contributed by atoms with Crippen LogP contribution in [-0.4, -0.2) is 18.2 Å². The molecule has 2 aromatic rings. The first kappa shape index (κ1) is 11.1. The molecule has 4 heteroatoms. The van der Waals surface area contributed by atoms with Crippen molar-refractivity contribution in [2.45, 2.75) is 19.8 Å². The number of aromatic nitrogens is 1. The van der Waals surface area contributed by atoms with Crippen molar-refractivity contribution < 1.29 is 4.52 Å². The van der Waals surface area contributed by atoms with E-state index in [0.717, 1.165) is 24.4 Å². The molecule has 0 radical (unpaired) electrons. The van der Waals surface area contributed by atoms with Crippen molar-refractivity contribution in [2.24, 2.45) is 0 Å². The summed E-state index contributed by atoms with van der Waals surface area (Å²) < 4.78 is 5.30. The van der Waals surface area contributed by atoms with E-state index in [2.05, 4.69) is 35.2 Å². The Labute approximate surface area is 106 Å². The van der Waals surface area contributed by atoms with E-state index in [1.807, 2.05) is 0 Å². The highest BCUT2D eigenvalue weighted by Crippen LogP contribution is 2.34. The van der Waals surface area contributed by atoms with Crippen LogP contribution in [0.5, 0.6) is 0 Å². The van der Waals surface area contributed by atoms with Gasteiger partial charge in [0.1, 0.15) is 0 Å². The fraction of sp³-hybridized carbons (Fsp3) is 0.357. The first-order valence-corrected chi connectivity index (χ1v) is 6.32. The van der Waals surface area contributed by atoms with Crippen LogP contribution >= 0.6 is 0 Å². The number of hydrogen-bond donors (Lipinski definition) is 1. The molecule has 0 bridgehead atoms. The summed E-state index contributed by atoms with van der Waals surface area (Å²) in [7, 11) is 0. The molecule has 0 aliphatic carbocycles. The van der Waals surface area contributed by atoms with Gasteiger partial charge in [0.15, 0.2) is 11.6 Å². The quantitative estimate of drug-likeness (QED) is 0.881. The fourth-order valence-electron chi connectivity index (χ4n) is 2.50. The number of anilines is 2. The van der Waals surface area contributed by atoms with Crippen LogP contribution in [0.4, 0.5) is 11.5 Å². The molecule has 4 nitrogen and oxygen atoms in total. The molecule has 1 aliphatic rings. The zero-order valence-electron chi connectivity index (χ0n) is 10.5. The molecule has 94 valence electrons. The Morgan fingerprint density at radius 3 is 2.67 bits per heavy atom. The van der Waals surface area contributed by atoms with Crippen molar-refractivity contribution in [3.63, 3.8) is 0 Å². The molecular formula is C14H17N3O. The minimum atomic E-state index is 0.430. The monoisotopic (exact) mass is 243 g/mol. The second-order valence-corrected chi connectivity index (χ2v) is 4.83. The maximum Gasteiger partial charge on any atom is 0.171 e. The number of hydrogen-bond acceptors (Lipinski definition) is 4. The Morgan fingerprint density at radius 2 is 2.00 bits per heavy atom. The number of nitrogens with two attached hydrogens (primary N) is 1. The number of benzene rings is 1. The molecule has 1 fully saturated rings. The third kappa shape index (κ3) is 1.94. The second kappa shape index (κ2) is 4.37. The minimum absolute atomic E-state index is 0.430. The second-order valence-electron chi connectivity index (χ2n) is 4.83. The highest BCUT2D eigenvalue weighted by Gasteiger charge is 2.18. The molecule has 2 heterocycles. The van der Waals surface area contributed by atoms with Gasteiger partial charge in [-0.2, -0.15) is 0 Å². The summed E-state index contributed by atoms with van der Waals surface area (Å²) in [6, 6.07) is 8.22. The topological polar surface area (TPSA) is 55.3 Å². The Balaban J connectivity index is 2.08. The third-order valence-electron chi connectivity index (χ3n) is 3.39. The zero-order valence-corrected chi connectivity index (χ0v) is 10.5. The Morgan fingerprint density at radius 1 is 1.22 bits per heavy atom. The lowest BCUT2D eigenvalue weighted by atomic mass is 10.1. The summed E-state index contributed by atoms with van der Waals surface area (Å²) in [6.07, 6.45) is 2.51. The van der Waals surface area contributed by atoms with E-state index in [1.54, 1.807) is 6.07 Å². The van der Waals surface area contributed by atoms with Crippen molar-refractivity contribution in [3.05, 3.63) is 29.8 Å². The van der Waals surface area contributed by atoms with Crippen LogP contribution in [0.3, 0.4) is 0 Å². The molecular weight excluding hydrogens is 226 g/mol. The van der Waals surface area contributed by atoms with Crippen LogP contribution in [0.15, 0.2) is 28.8 Å². The number of nitrogen functional groups attached to an aromatic ring is 1. The molecule has 3 rings (SSSR count).